The Morgan fingerprint density at radius 2 is 1.00 bits per heavy atom. The summed E-state index contributed by atoms with van der Waals surface area (Å²) in [7, 11) is 0. The SMILES string of the molecule is CCO.CCOC(=O)C1=C(N)N(c2ccc([N+](=O)[O-])cc2)C2=C(C(=O)CCC2)C1c1ccc(Br)s1.CCOC(=O)C1=C(N)N(c2ccc([N+](=O)[O-])cc2)C2=C(C(=O)CCC2)C1c1ccc(Br)s1. The predicted molar refractivity (Wildman–Crippen MR) is 261 cm³/mol. The number of anilines is 2. The van der Waals surface area contributed by atoms with Crippen LogP contribution in [0.2, 0.25) is 0 Å². The van der Waals surface area contributed by atoms with Crippen LogP contribution >= 0.6 is 54.5 Å². The molecule has 0 fully saturated rings. The van der Waals surface area contributed by atoms with E-state index < -0.39 is 33.6 Å². The number of nitro groups is 2. The molecule has 0 bridgehead atoms. The van der Waals surface area contributed by atoms with E-state index in [1.54, 1.807) is 54.8 Å². The second-order valence-corrected chi connectivity index (χ2v) is 20.0. The molecule has 2 aromatic heterocycles. The number of esters is 2. The zero-order chi connectivity index (χ0) is 48.7. The van der Waals surface area contributed by atoms with Crippen LogP contribution in [0.3, 0.4) is 0 Å². The van der Waals surface area contributed by atoms with Crippen molar-refractivity contribution in [2.75, 3.05) is 29.6 Å². The third-order valence-electron chi connectivity index (χ3n) is 11.0. The summed E-state index contributed by atoms with van der Waals surface area (Å²) in [6.45, 7) is 5.67. The van der Waals surface area contributed by atoms with E-state index in [0.717, 1.165) is 28.7 Å². The molecule has 4 aromatic rings. The van der Waals surface area contributed by atoms with Gasteiger partial charge in [-0.3, -0.25) is 39.6 Å². The lowest BCUT2D eigenvalue weighted by Crippen LogP contribution is -2.40. The molecule has 21 heteroatoms. The van der Waals surface area contributed by atoms with E-state index in [4.69, 9.17) is 26.0 Å². The van der Waals surface area contributed by atoms with E-state index in [2.05, 4.69) is 31.9 Å². The van der Waals surface area contributed by atoms with Gasteiger partial charge in [-0.2, -0.15) is 0 Å². The maximum absolute atomic E-state index is 13.2. The Labute approximate surface area is 410 Å². The molecule has 2 unspecified atom stereocenters. The number of ketones is 2. The second kappa shape index (κ2) is 22.2. The summed E-state index contributed by atoms with van der Waals surface area (Å²) in [6.07, 6.45) is 3.27. The minimum atomic E-state index is -0.623. The molecule has 2 atom stereocenters. The van der Waals surface area contributed by atoms with Crippen LogP contribution in [0.4, 0.5) is 22.7 Å². The summed E-state index contributed by atoms with van der Waals surface area (Å²) in [5.41, 5.74) is 17.0. The van der Waals surface area contributed by atoms with E-state index in [-0.39, 0.29) is 65.6 Å². The number of allylic oxidation sites excluding steroid dienone is 4. The van der Waals surface area contributed by atoms with Gasteiger partial charge in [0.15, 0.2) is 11.6 Å². The Morgan fingerprint density at radius 3 is 1.28 bits per heavy atom. The number of benzene rings is 2. The van der Waals surface area contributed by atoms with E-state index in [9.17, 15) is 39.4 Å². The summed E-state index contributed by atoms with van der Waals surface area (Å²) >= 11 is 9.79. The molecule has 17 nitrogen and oxygen atoms in total. The summed E-state index contributed by atoms with van der Waals surface area (Å²) in [5, 5.41) is 29.7. The number of ether oxygens (including phenoxy) is 2. The van der Waals surface area contributed by atoms with Crippen molar-refractivity contribution in [1.82, 2.24) is 0 Å². The Hall–Kier alpha value is -6.00. The number of non-ortho nitro benzene ring substituents is 2. The Kier molecular flexibility index (Phi) is 16.7. The number of hydrogen-bond donors (Lipinski definition) is 3. The van der Waals surface area contributed by atoms with Crippen molar-refractivity contribution in [3.05, 3.63) is 156 Å². The minimum absolute atomic E-state index is 0.0398. The average molecular weight is 1080 g/mol. The minimum Gasteiger partial charge on any atom is -0.463 e. The number of nitrogens with two attached hydrogens (primary N) is 2. The molecule has 4 aliphatic rings. The number of thiophene rings is 2. The van der Waals surface area contributed by atoms with Crippen LogP contribution in [0.5, 0.6) is 0 Å². The first-order chi connectivity index (χ1) is 32.1. The molecule has 2 aromatic carbocycles. The highest BCUT2D eigenvalue weighted by Gasteiger charge is 2.45. The summed E-state index contributed by atoms with van der Waals surface area (Å²) < 4.78 is 12.4. The highest BCUT2D eigenvalue weighted by molar-refractivity contribution is 9.11. The van der Waals surface area contributed by atoms with Crippen LogP contribution in [-0.2, 0) is 28.7 Å². The summed E-state index contributed by atoms with van der Waals surface area (Å²) in [6, 6.07) is 19.3. The number of aliphatic hydroxyl groups excluding tert-OH is 1. The number of aliphatic hydroxyl groups is 1. The first kappa shape index (κ1) is 50.4. The van der Waals surface area contributed by atoms with Crippen LogP contribution in [0, 0.1) is 20.2 Å². The molecule has 0 amide bonds. The number of hydrogen-bond acceptors (Lipinski definition) is 17. The predicted octanol–water partition coefficient (Wildman–Crippen LogP) is 9.52. The van der Waals surface area contributed by atoms with Crippen LogP contribution in [-0.4, -0.2) is 58.3 Å². The molecule has 4 heterocycles. The first-order valence-corrected chi connectivity index (χ1v) is 24.4. The fraction of sp³-hybridized carbons (Fsp3) is 0.304. The molecule has 2 aliphatic heterocycles. The summed E-state index contributed by atoms with van der Waals surface area (Å²) in [4.78, 5) is 78.7. The maximum Gasteiger partial charge on any atom is 0.338 e. The van der Waals surface area contributed by atoms with Gasteiger partial charge in [-0.1, -0.05) is 0 Å². The van der Waals surface area contributed by atoms with Gasteiger partial charge in [-0.05, 0) is 127 Å². The standard InChI is InChI=1S/2C22H20BrN3O5S.C2H6O/c2*1-2-31-22(28)20-19(16-10-11-17(23)32-16)18-14(4-3-5-15(18)27)25(21(20)24)12-6-8-13(9-7-12)26(29)30;1-2-3/h2*6-11,19H,2-5,24H2,1H3;3H,2H2,1H3. The van der Waals surface area contributed by atoms with Gasteiger partial charge in [0.2, 0.25) is 0 Å². The van der Waals surface area contributed by atoms with Gasteiger partial charge in [-0.15, -0.1) is 22.7 Å². The number of carbonyl (C=O) groups excluding carboxylic acids is 4. The van der Waals surface area contributed by atoms with Crippen molar-refractivity contribution >= 4 is 101 Å². The Morgan fingerprint density at radius 1 is 0.657 bits per heavy atom. The van der Waals surface area contributed by atoms with Gasteiger partial charge < -0.3 is 26.0 Å². The third kappa shape index (κ3) is 10.6. The van der Waals surface area contributed by atoms with Gasteiger partial charge >= 0.3 is 11.9 Å². The van der Waals surface area contributed by atoms with Crippen LogP contribution in [0.15, 0.2) is 126 Å². The molecule has 67 heavy (non-hydrogen) atoms. The molecular formula is C46H46Br2N6O11S2. The van der Waals surface area contributed by atoms with Crippen molar-refractivity contribution in [1.29, 1.82) is 0 Å². The topological polar surface area (TPSA) is 252 Å². The van der Waals surface area contributed by atoms with Gasteiger partial charge in [-0.25, -0.2) is 9.59 Å². The van der Waals surface area contributed by atoms with Crippen molar-refractivity contribution < 1.29 is 43.6 Å². The molecule has 0 saturated heterocycles. The zero-order valence-corrected chi connectivity index (χ0v) is 41.3. The van der Waals surface area contributed by atoms with Crippen molar-refractivity contribution in [2.24, 2.45) is 11.5 Å². The highest BCUT2D eigenvalue weighted by atomic mass is 79.9. The normalized spacial score (nSPS) is 18.1. The number of nitrogens with zero attached hydrogens (tertiary/aromatic N) is 4. The van der Waals surface area contributed by atoms with E-state index in [1.807, 2.05) is 24.3 Å². The van der Waals surface area contributed by atoms with Gasteiger partial charge in [0.25, 0.3) is 11.4 Å². The van der Waals surface area contributed by atoms with Gasteiger partial charge in [0.05, 0.1) is 53.6 Å². The second-order valence-electron chi connectivity index (χ2n) is 15.0. The molecule has 5 N–H and O–H groups in total. The number of carbonyl (C=O) groups is 4. The van der Waals surface area contributed by atoms with Crippen molar-refractivity contribution in [2.45, 2.75) is 71.1 Å². The number of halogens is 2. The molecule has 0 radical (unpaired) electrons. The fourth-order valence-corrected chi connectivity index (χ4v) is 11.5. The monoisotopic (exact) mass is 1080 g/mol. The Bertz CT molecular complexity index is 2540. The van der Waals surface area contributed by atoms with E-state index in [1.165, 1.54) is 46.9 Å². The van der Waals surface area contributed by atoms with Crippen LogP contribution in [0.25, 0.3) is 0 Å². The number of nitro benzene ring substituents is 2. The lowest BCUT2D eigenvalue weighted by Gasteiger charge is -2.40. The largest absolute Gasteiger partial charge is 0.463 e. The molecule has 0 spiro atoms. The maximum atomic E-state index is 13.2. The van der Waals surface area contributed by atoms with Crippen LogP contribution in [0.1, 0.15) is 80.9 Å². The molecule has 8 rings (SSSR count). The average Bonchev–Trinajstić information content (AvgIpc) is 3.94. The summed E-state index contributed by atoms with van der Waals surface area (Å²) in [5.74, 6) is -2.16. The van der Waals surface area contributed by atoms with Crippen molar-refractivity contribution in [3.63, 3.8) is 0 Å². The van der Waals surface area contributed by atoms with Gasteiger partial charge in [0.1, 0.15) is 11.6 Å². The molecule has 0 saturated carbocycles. The lowest BCUT2D eigenvalue weighted by molar-refractivity contribution is -0.385. The highest BCUT2D eigenvalue weighted by Crippen LogP contribution is 2.50. The quantitative estimate of drug-likeness (QED) is 0.0759. The zero-order valence-electron chi connectivity index (χ0n) is 36.5. The number of Topliss-reactive ketones (excluding diaryl/α,β-unsaturated/α-hetero) is 2. The van der Waals surface area contributed by atoms with E-state index in [0.29, 0.717) is 61.0 Å². The third-order valence-corrected chi connectivity index (χ3v) is 14.3. The van der Waals surface area contributed by atoms with Crippen LogP contribution < -0.4 is 21.3 Å². The Balaban J connectivity index is 0.000000209. The molecule has 2 aliphatic carbocycles. The molecular weight excluding hydrogens is 1040 g/mol. The smallest absolute Gasteiger partial charge is 0.338 e. The number of rotatable bonds is 10. The van der Waals surface area contributed by atoms with E-state index >= 15 is 0 Å². The molecule has 352 valence electrons. The lowest BCUT2D eigenvalue weighted by atomic mass is 9.77. The first-order valence-electron chi connectivity index (χ1n) is 21.1. The van der Waals surface area contributed by atoms with Gasteiger partial charge in [0, 0.05) is 87.4 Å². The van der Waals surface area contributed by atoms with Crippen molar-refractivity contribution in [3.8, 4) is 0 Å². The fourth-order valence-electron chi connectivity index (χ4n) is 8.36.